The van der Waals surface area contributed by atoms with Gasteiger partial charge in [0.1, 0.15) is 5.69 Å². The van der Waals surface area contributed by atoms with E-state index in [9.17, 15) is 4.79 Å². The summed E-state index contributed by atoms with van der Waals surface area (Å²) < 4.78 is 5.74. The fourth-order valence-corrected chi connectivity index (χ4v) is 0.895. The van der Waals surface area contributed by atoms with Gasteiger partial charge < -0.3 is 10.5 Å². The zero-order valence-electron chi connectivity index (χ0n) is 6.67. The van der Waals surface area contributed by atoms with Crippen LogP contribution in [0, 0.1) is 0 Å². The van der Waals surface area contributed by atoms with Gasteiger partial charge in [0.25, 0.3) is 0 Å². The average molecular weight is 190 g/mol. The monoisotopic (exact) mass is 189 g/mol. The molecule has 0 amide bonds. The molecule has 0 spiro atoms. The van der Waals surface area contributed by atoms with E-state index < -0.39 is 5.97 Å². The number of anilines is 1. The molecule has 0 radical (unpaired) electrons. The molecule has 1 aromatic heterocycles. The maximum atomic E-state index is 11.0. The summed E-state index contributed by atoms with van der Waals surface area (Å²) in [6.07, 6.45) is 0. The quantitative estimate of drug-likeness (QED) is 0.651. The van der Waals surface area contributed by atoms with E-state index >= 15 is 0 Å². The highest BCUT2D eigenvalue weighted by atomic mass is 35.5. The highest BCUT2D eigenvalue weighted by molar-refractivity contribution is 6.32. The maximum Gasteiger partial charge on any atom is 0.360 e. The lowest BCUT2D eigenvalue weighted by atomic mass is 10.4. The van der Waals surface area contributed by atoms with Crippen LogP contribution in [0.25, 0.3) is 0 Å². The average Bonchev–Trinajstić information content (AvgIpc) is 2.32. The van der Waals surface area contributed by atoms with Crippen LogP contribution in [-0.4, -0.2) is 22.9 Å². The highest BCUT2D eigenvalue weighted by Gasteiger charge is 2.18. The first kappa shape index (κ1) is 8.86. The number of methoxy groups -OCH3 is 1. The smallest absolute Gasteiger partial charge is 0.360 e. The second kappa shape index (κ2) is 3.02. The lowest BCUT2D eigenvalue weighted by molar-refractivity contribution is 0.0594. The van der Waals surface area contributed by atoms with Gasteiger partial charge in [0.2, 0.25) is 0 Å². The molecule has 0 saturated carbocycles. The van der Waals surface area contributed by atoms with Crippen LogP contribution in [-0.2, 0) is 11.8 Å². The van der Waals surface area contributed by atoms with Crippen LogP contribution in [0.2, 0.25) is 5.15 Å². The molecule has 2 N–H and O–H groups in total. The number of hydrogen-bond donors (Lipinski definition) is 1. The van der Waals surface area contributed by atoms with E-state index in [4.69, 9.17) is 17.3 Å². The van der Waals surface area contributed by atoms with Crippen LogP contribution in [0.1, 0.15) is 10.5 Å². The van der Waals surface area contributed by atoms with Gasteiger partial charge >= 0.3 is 5.97 Å². The largest absolute Gasteiger partial charge is 0.464 e. The number of ether oxygens (including phenoxy) is 1. The van der Waals surface area contributed by atoms with Crippen molar-refractivity contribution in [2.24, 2.45) is 7.05 Å². The van der Waals surface area contributed by atoms with Crippen LogP contribution >= 0.6 is 11.6 Å². The summed E-state index contributed by atoms with van der Waals surface area (Å²) in [5, 5.41) is 4.00. The van der Waals surface area contributed by atoms with Gasteiger partial charge in [-0.1, -0.05) is 11.6 Å². The van der Waals surface area contributed by atoms with E-state index in [1.165, 1.54) is 11.8 Å². The first-order valence-corrected chi connectivity index (χ1v) is 3.52. The van der Waals surface area contributed by atoms with E-state index in [2.05, 4.69) is 9.84 Å². The number of nitrogen functional groups attached to an aromatic ring is 1. The van der Waals surface area contributed by atoms with E-state index in [0.717, 1.165) is 0 Å². The Morgan fingerprint density at radius 2 is 2.33 bits per heavy atom. The first-order valence-electron chi connectivity index (χ1n) is 3.14. The lowest BCUT2D eigenvalue weighted by Crippen LogP contribution is -2.05. The molecular formula is C6H8ClN3O2. The third-order valence-corrected chi connectivity index (χ3v) is 1.84. The number of nitrogens with two attached hydrogens (primary N) is 1. The topological polar surface area (TPSA) is 70.1 Å². The predicted octanol–water partition coefficient (Wildman–Crippen LogP) is 0.442. The molecule has 0 aliphatic carbocycles. The standard InChI is InChI=1S/C6H8ClN3O2/c1-10-5(7)3(8)4(9-10)6(11)12-2/h8H2,1-2H3. The number of hydrogen-bond acceptors (Lipinski definition) is 4. The molecule has 0 saturated heterocycles. The molecule has 1 heterocycles. The van der Waals surface area contributed by atoms with Gasteiger partial charge in [-0.05, 0) is 0 Å². The van der Waals surface area contributed by atoms with Gasteiger partial charge in [-0.3, -0.25) is 4.68 Å². The van der Waals surface area contributed by atoms with Crippen LogP contribution in [0.15, 0.2) is 0 Å². The second-order valence-electron chi connectivity index (χ2n) is 2.17. The summed E-state index contributed by atoms with van der Waals surface area (Å²) in [5.41, 5.74) is 5.65. The normalized spacial score (nSPS) is 9.92. The zero-order valence-corrected chi connectivity index (χ0v) is 7.42. The van der Waals surface area contributed by atoms with Crippen molar-refractivity contribution >= 4 is 23.3 Å². The summed E-state index contributed by atoms with van der Waals surface area (Å²) in [7, 11) is 2.84. The third kappa shape index (κ3) is 1.23. The molecule has 0 aliphatic rings. The molecular weight excluding hydrogens is 182 g/mol. The molecule has 6 heteroatoms. The molecule has 1 aromatic rings. The fourth-order valence-electron chi connectivity index (χ4n) is 0.767. The molecule has 1 rings (SSSR count). The Balaban J connectivity index is 3.17. The third-order valence-electron chi connectivity index (χ3n) is 1.39. The fraction of sp³-hybridized carbons (Fsp3) is 0.333. The first-order chi connectivity index (χ1) is 5.57. The van der Waals surface area contributed by atoms with Crippen molar-refractivity contribution in [2.45, 2.75) is 0 Å². The predicted molar refractivity (Wildman–Crippen MR) is 44.0 cm³/mol. The molecule has 0 bridgehead atoms. The van der Waals surface area contributed by atoms with Gasteiger partial charge in [-0.2, -0.15) is 5.10 Å². The maximum absolute atomic E-state index is 11.0. The number of esters is 1. The molecule has 0 fully saturated rings. The minimum Gasteiger partial charge on any atom is -0.464 e. The summed E-state index contributed by atoms with van der Waals surface area (Å²) in [6.45, 7) is 0. The van der Waals surface area contributed by atoms with Crippen LogP contribution in [0.3, 0.4) is 0 Å². The van der Waals surface area contributed by atoms with E-state index in [0.29, 0.717) is 0 Å². The minimum absolute atomic E-state index is 0.0463. The Morgan fingerprint density at radius 1 is 1.75 bits per heavy atom. The van der Waals surface area contributed by atoms with Gasteiger partial charge in [0.15, 0.2) is 10.8 Å². The minimum atomic E-state index is -0.588. The zero-order chi connectivity index (χ0) is 9.30. The van der Waals surface area contributed by atoms with Crippen molar-refractivity contribution in [1.82, 2.24) is 9.78 Å². The van der Waals surface area contributed by atoms with Crippen molar-refractivity contribution in [3.05, 3.63) is 10.8 Å². The molecule has 0 aromatic carbocycles. The highest BCUT2D eigenvalue weighted by Crippen LogP contribution is 2.21. The van der Waals surface area contributed by atoms with Gasteiger partial charge in [-0.15, -0.1) is 0 Å². The molecule has 0 atom stereocenters. The summed E-state index contributed by atoms with van der Waals surface area (Å²) >= 11 is 5.67. The Kier molecular flexibility index (Phi) is 2.23. The number of aromatic nitrogens is 2. The van der Waals surface area contributed by atoms with Crippen molar-refractivity contribution in [3.63, 3.8) is 0 Å². The summed E-state index contributed by atoms with van der Waals surface area (Å²) in [6, 6.07) is 0. The van der Waals surface area contributed by atoms with Gasteiger partial charge in [0, 0.05) is 7.05 Å². The number of rotatable bonds is 1. The lowest BCUT2D eigenvalue weighted by Gasteiger charge is -1.93. The number of halogens is 1. The van der Waals surface area contributed by atoms with Crippen molar-refractivity contribution in [1.29, 1.82) is 0 Å². The van der Waals surface area contributed by atoms with Crippen LogP contribution in [0.4, 0.5) is 5.69 Å². The Morgan fingerprint density at radius 3 is 2.67 bits per heavy atom. The van der Waals surface area contributed by atoms with Crippen molar-refractivity contribution < 1.29 is 9.53 Å². The summed E-state index contributed by atoms with van der Waals surface area (Å²) in [5.74, 6) is -0.588. The van der Waals surface area contributed by atoms with E-state index in [1.54, 1.807) is 7.05 Å². The van der Waals surface area contributed by atoms with Crippen LogP contribution in [0.5, 0.6) is 0 Å². The van der Waals surface area contributed by atoms with Gasteiger partial charge in [-0.25, -0.2) is 4.79 Å². The van der Waals surface area contributed by atoms with E-state index in [1.807, 2.05) is 0 Å². The molecule has 12 heavy (non-hydrogen) atoms. The van der Waals surface area contributed by atoms with Gasteiger partial charge in [0.05, 0.1) is 7.11 Å². The van der Waals surface area contributed by atoms with Crippen molar-refractivity contribution in [3.8, 4) is 0 Å². The van der Waals surface area contributed by atoms with E-state index in [-0.39, 0.29) is 16.5 Å². The molecule has 66 valence electrons. The Hall–Kier alpha value is -1.23. The Labute approximate surface area is 74.1 Å². The second-order valence-corrected chi connectivity index (χ2v) is 2.53. The SMILES string of the molecule is COC(=O)c1nn(C)c(Cl)c1N. The molecule has 5 nitrogen and oxygen atoms in total. The number of carbonyl (C=O) groups is 1. The molecule has 0 unspecified atom stereocenters. The Bertz CT molecular complexity index is 321. The van der Waals surface area contributed by atoms with Crippen LogP contribution < -0.4 is 5.73 Å². The number of carbonyl (C=O) groups excluding carboxylic acids is 1. The number of aryl methyl sites for hydroxylation is 1. The van der Waals surface area contributed by atoms with Crippen molar-refractivity contribution in [2.75, 3.05) is 12.8 Å². The number of nitrogens with zero attached hydrogens (tertiary/aromatic N) is 2. The molecule has 0 aliphatic heterocycles. The summed E-state index contributed by atoms with van der Waals surface area (Å²) in [4.78, 5) is 11.0.